The van der Waals surface area contributed by atoms with Crippen molar-refractivity contribution in [2.24, 2.45) is 0 Å². The largest absolute Gasteiger partial charge is 0.379 e. The summed E-state index contributed by atoms with van der Waals surface area (Å²) in [4.78, 5) is 11.4. The second-order valence-corrected chi connectivity index (χ2v) is 7.45. The number of fused-ring (bicyclic) bond motifs is 2. The molecule has 4 aromatic rings. The molecule has 7 nitrogen and oxygen atoms in total. The van der Waals surface area contributed by atoms with E-state index in [9.17, 15) is 0 Å². The first-order valence-corrected chi connectivity index (χ1v) is 10.2. The molecule has 0 atom stereocenters. The predicted molar refractivity (Wildman–Crippen MR) is 115 cm³/mol. The first-order valence-electron chi connectivity index (χ1n) is 10.2. The number of nitrogens with one attached hydrogen (secondary N) is 1. The van der Waals surface area contributed by atoms with Crippen molar-refractivity contribution < 1.29 is 4.74 Å². The third-order valence-electron chi connectivity index (χ3n) is 5.71. The number of ether oxygens (including phenoxy) is 1. The maximum Gasteiger partial charge on any atom is 0.180 e. The van der Waals surface area contributed by atoms with E-state index in [1.807, 2.05) is 19.4 Å². The minimum Gasteiger partial charge on any atom is -0.379 e. The fourth-order valence-corrected chi connectivity index (χ4v) is 4.15. The molecule has 0 radical (unpaired) electrons. The fourth-order valence-electron chi connectivity index (χ4n) is 4.15. The Labute approximate surface area is 169 Å². The molecule has 1 aromatic carbocycles. The summed E-state index contributed by atoms with van der Waals surface area (Å²) in [5, 5.41) is 4.36. The summed E-state index contributed by atoms with van der Waals surface area (Å²) in [7, 11) is 1.87. The molecular weight excluding hydrogens is 364 g/mol. The van der Waals surface area contributed by atoms with Crippen LogP contribution in [-0.4, -0.2) is 63.7 Å². The van der Waals surface area contributed by atoms with Crippen molar-refractivity contribution in [1.82, 2.24) is 23.8 Å². The maximum absolute atomic E-state index is 5.43. The van der Waals surface area contributed by atoms with Crippen LogP contribution in [0, 0.1) is 0 Å². The van der Waals surface area contributed by atoms with Crippen molar-refractivity contribution in [3.63, 3.8) is 0 Å². The number of anilines is 1. The molecule has 0 saturated carbocycles. The van der Waals surface area contributed by atoms with E-state index in [1.54, 1.807) is 6.20 Å². The molecule has 150 valence electrons. The monoisotopic (exact) mass is 390 g/mol. The minimum absolute atomic E-state index is 0.784. The third-order valence-corrected chi connectivity index (χ3v) is 5.71. The molecule has 4 heterocycles. The van der Waals surface area contributed by atoms with Gasteiger partial charge in [-0.15, -0.1) is 0 Å². The number of imidazole rings is 1. The van der Waals surface area contributed by atoms with Crippen LogP contribution in [0.4, 0.5) is 5.82 Å². The van der Waals surface area contributed by atoms with Gasteiger partial charge in [0.1, 0.15) is 0 Å². The van der Waals surface area contributed by atoms with Crippen molar-refractivity contribution in [3.8, 4) is 11.3 Å². The molecule has 1 aliphatic heterocycles. The van der Waals surface area contributed by atoms with Crippen molar-refractivity contribution in [2.45, 2.75) is 13.0 Å². The predicted octanol–water partition coefficient (Wildman–Crippen LogP) is 3.12. The molecule has 1 saturated heterocycles. The lowest BCUT2D eigenvalue weighted by Gasteiger charge is -2.26. The Balaban J connectivity index is 1.36. The van der Waals surface area contributed by atoms with Gasteiger partial charge in [-0.1, -0.05) is 6.07 Å². The highest BCUT2D eigenvalue weighted by atomic mass is 16.5. The first-order chi connectivity index (χ1) is 14.3. The zero-order chi connectivity index (χ0) is 19.6. The molecule has 0 aliphatic carbocycles. The van der Waals surface area contributed by atoms with E-state index in [4.69, 9.17) is 4.74 Å². The van der Waals surface area contributed by atoms with Crippen molar-refractivity contribution >= 4 is 22.4 Å². The van der Waals surface area contributed by atoms with Gasteiger partial charge in [0.05, 0.1) is 25.1 Å². The van der Waals surface area contributed by atoms with Gasteiger partial charge in [0.25, 0.3) is 0 Å². The third kappa shape index (κ3) is 3.47. The van der Waals surface area contributed by atoms with Crippen LogP contribution in [0.3, 0.4) is 0 Å². The van der Waals surface area contributed by atoms with Gasteiger partial charge in [-0.3, -0.25) is 9.30 Å². The quantitative estimate of drug-likeness (QED) is 0.548. The van der Waals surface area contributed by atoms with E-state index in [0.29, 0.717) is 0 Å². The molecule has 0 spiro atoms. The molecule has 7 heteroatoms. The zero-order valence-corrected chi connectivity index (χ0v) is 16.7. The number of hydrogen-bond acceptors (Lipinski definition) is 5. The summed E-state index contributed by atoms with van der Waals surface area (Å²) in [5.74, 6) is 0.784. The lowest BCUT2D eigenvalue weighted by Crippen LogP contribution is -2.37. The molecule has 0 amide bonds. The van der Waals surface area contributed by atoms with Crippen molar-refractivity contribution in [2.75, 3.05) is 45.2 Å². The zero-order valence-electron chi connectivity index (χ0n) is 16.7. The van der Waals surface area contributed by atoms with E-state index < -0.39 is 0 Å². The summed E-state index contributed by atoms with van der Waals surface area (Å²) in [6.07, 6.45) is 9.02. The van der Waals surface area contributed by atoms with Crippen LogP contribution in [0.15, 0.2) is 49.1 Å². The van der Waals surface area contributed by atoms with Gasteiger partial charge in [0, 0.05) is 68.3 Å². The summed E-state index contributed by atoms with van der Waals surface area (Å²) in [5.41, 5.74) is 4.35. The second-order valence-electron chi connectivity index (χ2n) is 7.45. The Morgan fingerprint density at radius 1 is 1.07 bits per heavy atom. The SMILES string of the molecule is CNc1nccn2c(-c3ccc4c(ccn4CCCN4CCOCC4)c3)cnc12. The van der Waals surface area contributed by atoms with Crippen LogP contribution in [-0.2, 0) is 11.3 Å². The lowest BCUT2D eigenvalue weighted by atomic mass is 10.1. The Morgan fingerprint density at radius 2 is 1.97 bits per heavy atom. The number of nitrogens with zero attached hydrogens (tertiary/aromatic N) is 5. The molecule has 29 heavy (non-hydrogen) atoms. The molecule has 5 rings (SSSR count). The van der Waals surface area contributed by atoms with Gasteiger partial charge < -0.3 is 14.6 Å². The number of aromatic nitrogens is 4. The molecule has 0 bridgehead atoms. The smallest absolute Gasteiger partial charge is 0.180 e. The van der Waals surface area contributed by atoms with Crippen LogP contribution in [0.2, 0.25) is 0 Å². The maximum atomic E-state index is 5.43. The molecule has 1 N–H and O–H groups in total. The van der Waals surface area contributed by atoms with Gasteiger partial charge in [-0.05, 0) is 24.6 Å². The van der Waals surface area contributed by atoms with E-state index in [1.165, 1.54) is 10.9 Å². The van der Waals surface area contributed by atoms with Gasteiger partial charge in [-0.2, -0.15) is 0 Å². The van der Waals surface area contributed by atoms with E-state index in [0.717, 1.165) is 68.5 Å². The average Bonchev–Trinajstić information content (AvgIpc) is 3.38. The van der Waals surface area contributed by atoms with E-state index >= 15 is 0 Å². The van der Waals surface area contributed by atoms with Crippen LogP contribution in [0.25, 0.3) is 27.8 Å². The van der Waals surface area contributed by atoms with Crippen LogP contribution < -0.4 is 5.32 Å². The Kier molecular flexibility index (Phi) is 4.91. The highest BCUT2D eigenvalue weighted by Crippen LogP contribution is 2.27. The number of rotatable bonds is 6. The Morgan fingerprint density at radius 3 is 2.83 bits per heavy atom. The van der Waals surface area contributed by atoms with E-state index in [-0.39, 0.29) is 0 Å². The number of hydrogen-bond donors (Lipinski definition) is 1. The summed E-state index contributed by atoms with van der Waals surface area (Å²) < 4.78 is 9.87. The average molecular weight is 390 g/mol. The molecular formula is C22H26N6O. The lowest BCUT2D eigenvalue weighted by molar-refractivity contribution is 0.0370. The number of benzene rings is 1. The van der Waals surface area contributed by atoms with Gasteiger partial charge >= 0.3 is 0 Å². The second kappa shape index (κ2) is 7.85. The van der Waals surface area contributed by atoms with Gasteiger partial charge in [0.2, 0.25) is 0 Å². The summed E-state index contributed by atoms with van der Waals surface area (Å²) in [6, 6.07) is 8.86. The van der Waals surface area contributed by atoms with Gasteiger partial charge in [-0.25, -0.2) is 9.97 Å². The molecule has 3 aromatic heterocycles. The molecule has 1 fully saturated rings. The van der Waals surface area contributed by atoms with E-state index in [2.05, 4.69) is 59.6 Å². The highest BCUT2D eigenvalue weighted by molar-refractivity contribution is 5.85. The van der Waals surface area contributed by atoms with Crippen LogP contribution in [0.1, 0.15) is 6.42 Å². The highest BCUT2D eigenvalue weighted by Gasteiger charge is 2.12. The topological polar surface area (TPSA) is 59.6 Å². The standard InChI is InChI=1S/C22H26N6O/c1-23-21-22-25-16-20(28(22)10-6-24-21)17-3-4-19-18(15-17)5-9-27(19)8-2-7-26-11-13-29-14-12-26/h3-6,9-10,15-16H,2,7-8,11-14H2,1H3,(H,23,24). The van der Waals surface area contributed by atoms with Gasteiger partial charge in [0.15, 0.2) is 11.5 Å². The van der Waals surface area contributed by atoms with Crippen molar-refractivity contribution in [1.29, 1.82) is 0 Å². The normalized spacial score (nSPS) is 15.3. The number of aryl methyl sites for hydroxylation is 1. The minimum atomic E-state index is 0.784. The molecule has 0 unspecified atom stereocenters. The van der Waals surface area contributed by atoms with Crippen molar-refractivity contribution in [3.05, 3.63) is 49.1 Å². The number of morpholine rings is 1. The van der Waals surface area contributed by atoms with Crippen LogP contribution >= 0.6 is 0 Å². The summed E-state index contributed by atoms with van der Waals surface area (Å²) >= 11 is 0. The summed E-state index contributed by atoms with van der Waals surface area (Å²) in [6.45, 7) is 6.01. The fraction of sp³-hybridized carbons (Fsp3) is 0.364. The van der Waals surface area contributed by atoms with Crippen LogP contribution in [0.5, 0.6) is 0 Å². The Hall–Kier alpha value is -2.90. The Bertz CT molecular complexity index is 1120. The first kappa shape index (κ1) is 18.1. The molecule has 1 aliphatic rings.